The minimum Gasteiger partial charge on any atom is -0.328 e. The van der Waals surface area contributed by atoms with Crippen LogP contribution in [0, 0.1) is 5.82 Å². The summed E-state index contributed by atoms with van der Waals surface area (Å²) in [4.78, 5) is 0. The van der Waals surface area contributed by atoms with E-state index in [0.717, 1.165) is 5.56 Å². The van der Waals surface area contributed by atoms with Crippen molar-refractivity contribution in [2.75, 3.05) is 0 Å². The van der Waals surface area contributed by atoms with Crippen molar-refractivity contribution in [2.45, 2.75) is 39.2 Å². The van der Waals surface area contributed by atoms with Crippen LogP contribution >= 0.6 is 0 Å². The quantitative estimate of drug-likeness (QED) is 0.788. The zero-order chi connectivity index (χ0) is 10.7. The first-order valence-corrected chi connectivity index (χ1v) is 5.04. The van der Waals surface area contributed by atoms with E-state index in [1.165, 1.54) is 11.6 Å². The SMILES string of the molecule is CC(N)Cc1cc(C(C)C)ccc1F. The van der Waals surface area contributed by atoms with E-state index in [0.29, 0.717) is 12.3 Å². The Labute approximate surface area is 85.1 Å². The van der Waals surface area contributed by atoms with Crippen LogP contribution in [0.2, 0.25) is 0 Å². The Balaban J connectivity index is 2.96. The molecular weight excluding hydrogens is 177 g/mol. The normalized spacial score (nSPS) is 13.3. The molecule has 1 nitrogen and oxygen atoms in total. The molecule has 0 spiro atoms. The highest BCUT2D eigenvalue weighted by Crippen LogP contribution is 2.18. The molecule has 14 heavy (non-hydrogen) atoms. The van der Waals surface area contributed by atoms with E-state index in [1.807, 2.05) is 19.1 Å². The maximum atomic E-state index is 13.3. The van der Waals surface area contributed by atoms with E-state index in [9.17, 15) is 4.39 Å². The van der Waals surface area contributed by atoms with Gasteiger partial charge in [0.1, 0.15) is 5.82 Å². The Hall–Kier alpha value is -0.890. The van der Waals surface area contributed by atoms with Crippen molar-refractivity contribution < 1.29 is 4.39 Å². The lowest BCUT2D eigenvalue weighted by Crippen LogP contribution is -2.18. The van der Waals surface area contributed by atoms with Crippen LogP contribution in [0.1, 0.15) is 37.8 Å². The van der Waals surface area contributed by atoms with Crippen LogP contribution in [-0.4, -0.2) is 6.04 Å². The molecule has 2 heteroatoms. The number of benzene rings is 1. The van der Waals surface area contributed by atoms with Crippen LogP contribution < -0.4 is 5.73 Å². The molecule has 1 aromatic rings. The molecule has 1 atom stereocenters. The van der Waals surface area contributed by atoms with Crippen molar-refractivity contribution >= 4 is 0 Å². The van der Waals surface area contributed by atoms with Gasteiger partial charge in [-0.05, 0) is 36.5 Å². The van der Waals surface area contributed by atoms with Gasteiger partial charge in [0.2, 0.25) is 0 Å². The lowest BCUT2D eigenvalue weighted by Gasteiger charge is -2.11. The molecule has 0 aliphatic rings. The summed E-state index contributed by atoms with van der Waals surface area (Å²) in [6.07, 6.45) is 0.604. The van der Waals surface area contributed by atoms with E-state index in [-0.39, 0.29) is 11.9 Å². The van der Waals surface area contributed by atoms with Crippen LogP contribution in [0.5, 0.6) is 0 Å². The number of hydrogen-bond acceptors (Lipinski definition) is 1. The first-order valence-electron chi connectivity index (χ1n) is 5.04. The Morgan fingerprint density at radius 1 is 1.29 bits per heavy atom. The fraction of sp³-hybridized carbons (Fsp3) is 0.500. The van der Waals surface area contributed by atoms with Crippen molar-refractivity contribution in [3.8, 4) is 0 Å². The topological polar surface area (TPSA) is 26.0 Å². The highest BCUT2D eigenvalue weighted by molar-refractivity contribution is 5.27. The molecule has 1 rings (SSSR count). The average Bonchev–Trinajstić information content (AvgIpc) is 2.07. The average molecular weight is 195 g/mol. The maximum absolute atomic E-state index is 13.3. The molecule has 0 heterocycles. The third kappa shape index (κ3) is 2.81. The molecule has 0 aliphatic heterocycles. The van der Waals surface area contributed by atoms with Crippen LogP contribution in [0.4, 0.5) is 4.39 Å². The number of halogens is 1. The van der Waals surface area contributed by atoms with Gasteiger partial charge in [-0.25, -0.2) is 4.39 Å². The lowest BCUT2D eigenvalue weighted by atomic mass is 9.98. The molecule has 0 aliphatic carbocycles. The maximum Gasteiger partial charge on any atom is 0.126 e. The largest absolute Gasteiger partial charge is 0.328 e. The second kappa shape index (κ2) is 4.56. The molecule has 78 valence electrons. The van der Waals surface area contributed by atoms with Crippen LogP contribution in [0.25, 0.3) is 0 Å². The molecule has 1 unspecified atom stereocenters. The fourth-order valence-electron chi connectivity index (χ4n) is 1.46. The van der Waals surface area contributed by atoms with E-state index in [1.54, 1.807) is 0 Å². The molecule has 0 fully saturated rings. The van der Waals surface area contributed by atoms with Gasteiger partial charge in [-0.2, -0.15) is 0 Å². The fourth-order valence-corrected chi connectivity index (χ4v) is 1.46. The van der Waals surface area contributed by atoms with E-state index >= 15 is 0 Å². The van der Waals surface area contributed by atoms with Crippen molar-refractivity contribution in [1.29, 1.82) is 0 Å². The van der Waals surface area contributed by atoms with Gasteiger partial charge in [0.25, 0.3) is 0 Å². The van der Waals surface area contributed by atoms with Gasteiger partial charge in [0, 0.05) is 6.04 Å². The first-order chi connectivity index (χ1) is 6.50. The Morgan fingerprint density at radius 3 is 2.43 bits per heavy atom. The highest BCUT2D eigenvalue weighted by Gasteiger charge is 2.07. The predicted molar refractivity (Wildman–Crippen MR) is 57.8 cm³/mol. The van der Waals surface area contributed by atoms with Crippen molar-refractivity contribution in [2.24, 2.45) is 5.73 Å². The zero-order valence-corrected chi connectivity index (χ0v) is 9.05. The van der Waals surface area contributed by atoms with Crippen LogP contribution in [-0.2, 0) is 6.42 Å². The molecule has 1 aromatic carbocycles. The summed E-state index contributed by atoms with van der Waals surface area (Å²) < 4.78 is 13.3. The minimum absolute atomic E-state index is 0.00640. The lowest BCUT2D eigenvalue weighted by molar-refractivity contribution is 0.594. The Morgan fingerprint density at radius 2 is 1.93 bits per heavy atom. The summed E-state index contributed by atoms with van der Waals surface area (Å²) in [5.74, 6) is 0.286. The number of rotatable bonds is 3. The van der Waals surface area contributed by atoms with E-state index < -0.39 is 0 Å². The molecule has 0 saturated heterocycles. The van der Waals surface area contributed by atoms with E-state index in [4.69, 9.17) is 5.73 Å². The number of nitrogens with two attached hydrogens (primary N) is 1. The Bertz CT molecular complexity index is 305. The molecule has 0 bridgehead atoms. The zero-order valence-electron chi connectivity index (χ0n) is 9.05. The van der Waals surface area contributed by atoms with E-state index in [2.05, 4.69) is 13.8 Å². The second-order valence-corrected chi connectivity index (χ2v) is 4.19. The third-order valence-electron chi connectivity index (χ3n) is 2.28. The van der Waals surface area contributed by atoms with Gasteiger partial charge >= 0.3 is 0 Å². The first kappa shape index (κ1) is 11.2. The van der Waals surface area contributed by atoms with Crippen molar-refractivity contribution in [1.82, 2.24) is 0 Å². The molecule has 0 radical (unpaired) electrons. The third-order valence-corrected chi connectivity index (χ3v) is 2.28. The molecule has 2 N–H and O–H groups in total. The van der Waals surface area contributed by atoms with Crippen molar-refractivity contribution in [3.63, 3.8) is 0 Å². The molecule has 0 saturated carbocycles. The van der Waals surface area contributed by atoms with Gasteiger partial charge < -0.3 is 5.73 Å². The summed E-state index contributed by atoms with van der Waals surface area (Å²) >= 11 is 0. The Kier molecular flexibility index (Phi) is 3.64. The van der Waals surface area contributed by atoms with Gasteiger partial charge in [0.15, 0.2) is 0 Å². The standard InChI is InChI=1S/C12H18FN/c1-8(2)10-4-5-12(13)11(7-10)6-9(3)14/h4-5,7-9H,6,14H2,1-3H3. The molecule has 0 amide bonds. The van der Waals surface area contributed by atoms with Gasteiger partial charge in [-0.1, -0.05) is 26.0 Å². The monoisotopic (exact) mass is 195 g/mol. The van der Waals surface area contributed by atoms with Gasteiger partial charge in [-0.3, -0.25) is 0 Å². The summed E-state index contributed by atoms with van der Waals surface area (Å²) in [5, 5.41) is 0. The summed E-state index contributed by atoms with van der Waals surface area (Å²) in [7, 11) is 0. The number of hydrogen-bond donors (Lipinski definition) is 1. The van der Waals surface area contributed by atoms with Gasteiger partial charge in [0.05, 0.1) is 0 Å². The van der Waals surface area contributed by atoms with Gasteiger partial charge in [-0.15, -0.1) is 0 Å². The second-order valence-electron chi connectivity index (χ2n) is 4.19. The van der Waals surface area contributed by atoms with Crippen molar-refractivity contribution in [3.05, 3.63) is 35.1 Å². The summed E-state index contributed by atoms with van der Waals surface area (Å²) in [6, 6.07) is 5.30. The summed E-state index contributed by atoms with van der Waals surface area (Å²) in [6.45, 7) is 6.09. The molecule has 0 aromatic heterocycles. The smallest absolute Gasteiger partial charge is 0.126 e. The van der Waals surface area contributed by atoms with Crippen LogP contribution in [0.15, 0.2) is 18.2 Å². The summed E-state index contributed by atoms with van der Waals surface area (Å²) in [5.41, 5.74) is 7.55. The molecular formula is C12H18FN. The van der Waals surface area contributed by atoms with Crippen LogP contribution in [0.3, 0.4) is 0 Å². The highest BCUT2D eigenvalue weighted by atomic mass is 19.1. The minimum atomic E-state index is -0.147. The predicted octanol–water partition coefficient (Wildman–Crippen LogP) is 2.84.